The number of ether oxygens (including phenoxy) is 1. The van der Waals surface area contributed by atoms with Crippen LogP contribution in [0.15, 0.2) is 67.0 Å². The van der Waals surface area contributed by atoms with E-state index >= 15 is 0 Å². The van der Waals surface area contributed by atoms with Crippen LogP contribution in [0.4, 0.5) is 11.6 Å². The molecule has 0 atom stereocenters. The smallest absolute Gasteiger partial charge is 0.207 e. The average Bonchev–Trinajstić information content (AvgIpc) is 2.97. The summed E-state index contributed by atoms with van der Waals surface area (Å²) < 4.78 is 7.81. The highest BCUT2D eigenvalue weighted by Crippen LogP contribution is 2.23. The Morgan fingerprint density at radius 2 is 1.71 bits per heavy atom. The summed E-state index contributed by atoms with van der Waals surface area (Å²) in [6, 6.07) is 17.6. The summed E-state index contributed by atoms with van der Waals surface area (Å²) in [5.74, 6) is 2.49. The van der Waals surface area contributed by atoms with Gasteiger partial charge in [-0.25, -0.2) is 4.98 Å². The summed E-state index contributed by atoms with van der Waals surface area (Å²) in [6.45, 7) is 2.97. The van der Waals surface area contributed by atoms with Gasteiger partial charge in [0.15, 0.2) is 0 Å². The molecular weight excluding hydrogens is 262 g/mol. The number of benzene rings is 2. The molecule has 4 nitrogen and oxygen atoms in total. The van der Waals surface area contributed by atoms with Crippen LogP contribution in [-0.4, -0.2) is 9.55 Å². The zero-order valence-electron chi connectivity index (χ0n) is 11.9. The molecule has 3 rings (SSSR count). The Morgan fingerprint density at radius 1 is 1.00 bits per heavy atom. The van der Waals surface area contributed by atoms with Crippen molar-refractivity contribution in [2.24, 2.45) is 0 Å². The quantitative estimate of drug-likeness (QED) is 0.750. The molecule has 1 aromatic heterocycles. The highest BCUT2D eigenvalue weighted by Gasteiger charge is 2.02. The first-order chi connectivity index (χ1) is 10.3. The first kappa shape index (κ1) is 13.2. The minimum atomic E-state index is 0.811. The van der Waals surface area contributed by atoms with Crippen LogP contribution in [0.25, 0.3) is 0 Å². The molecule has 2 aromatic carbocycles. The maximum atomic E-state index is 5.76. The summed E-state index contributed by atoms with van der Waals surface area (Å²) in [5, 5.41) is 3.29. The Kier molecular flexibility index (Phi) is 3.87. The van der Waals surface area contributed by atoms with E-state index in [1.807, 2.05) is 65.4 Å². The van der Waals surface area contributed by atoms with E-state index in [4.69, 9.17) is 4.74 Å². The number of aromatic nitrogens is 2. The van der Waals surface area contributed by atoms with E-state index in [0.717, 1.165) is 29.7 Å². The van der Waals surface area contributed by atoms with E-state index in [0.29, 0.717) is 0 Å². The van der Waals surface area contributed by atoms with Crippen LogP contribution in [0.1, 0.15) is 6.92 Å². The van der Waals surface area contributed by atoms with Gasteiger partial charge in [-0.15, -0.1) is 0 Å². The first-order valence-electron chi connectivity index (χ1n) is 6.96. The topological polar surface area (TPSA) is 39.1 Å². The largest absolute Gasteiger partial charge is 0.457 e. The molecule has 0 saturated heterocycles. The maximum Gasteiger partial charge on any atom is 0.207 e. The van der Waals surface area contributed by atoms with Crippen LogP contribution in [0.5, 0.6) is 11.5 Å². The van der Waals surface area contributed by atoms with E-state index in [-0.39, 0.29) is 0 Å². The Balaban J connectivity index is 1.69. The predicted molar refractivity (Wildman–Crippen MR) is 84.1 cm³/mol. The van der Waals surface area contributed by atoms with Gasteiger partial charge in [-0.1, -0.05) is 18.2 Å². The molecule has 1 heterocycles. The van der Waals surface area contributed by atoms with Gasteiger partial charge in [0.05, 0.1) is 0 Å². The fraction of sp³-hybridized carbons (Fsp3) is 0.118. The first-order valence-corrected chi connectivity index (χ1v) is 6.96. The van der Waals surface area contributed by atoms with Crippen molar-refractivity contribution in [2.45, 2.75) is 13.5 Å². The van der Waals surface area contributed by atoms with Crippen molar-refractivity contribution in [1.29, 1.82) is 0 Å². The second-order valence-electron chi connectivity index (χ2n) is 4.60. The number of hydrogen-bond donors (Lipinski definition) is 1. The summed E-state index contributed by atoms with van der Waals surface area (Å²) >= 11 is 0. The maximum absolute atomic E-state index is 5.76. The molecule has 21 heavy (non-hydrogen) atoms. The number of imidazole rings is 1. The molecule has 4 heteroatoms. The van der Waals surface area contributed by atoms with Crippen LogP contribution in [0.3, 0.4) is 0 Å². The monoisotopic (exact) mass is 279 g/mol. The van der Waals surface area contributed by atoms with E-state index in [9.17, 15) is 0 Å². The van der Waals surface area contributed by atoms with Crippen molar-refractivity contribution >= 4 is 11.6 Å². The molecular formula is C17H17N3O. The van der Waals surface area contributed by atoms with Gasteiger partial charge in [0.25, 0.3) is 0 Å². The van der Waals surface area contributed by atoms with E-state index in [1.165, 1.54) is 0 Å². The molecule has 0 amide bonds. The lowest BCUT2D eigenvalue weighted by Crippen LogP contribution is -2.01. The molecule has 1 N–H and O–H groups in total. The van der Waals surface area contributed by atoms with Crippen LogP contribution in [0.2, 0.25) is 0 Å². The Morgan fingerprint density at radius 3 is 2.43 bits per heavy atom. The van der Waals surface area contributed by atoms with Gasteiger partial charge >= 0.3 is 0 Å². The third-order valence-electron chi connectivity index (χ3n) is 3.15. The fourth-order valence-corrected chi connectivity index (χ4v) is 2.05. The molecule has 0 aliphatic heterocycles. The molecule has 0 spiro atoms. The molecule has 3 aromatic rings. The third kappa shape index (κ3) is 3.23. The van der Waals surface area contributed by atoms with Crippen LogP contribution in [0, 0.1) is 0 Å². The van der Waals surface area contributed by atoms with Crippen molar-refractivity contribution in [2.75, 3.05) is 5.32 Å². The molecule has 0 saturated carbocycles. The number of hydrogen-bond acceptors (Lipinski definition) is 3. The van der Waals surface area contributed by atoms with Crippen molar-refractivity contribution in [1.82, 2.24) is 9.55 Å². The standard InChI is InChI=1S/C17H17N3O/c1-2-20-13-12-18-17(20)19-14-8-10-16(11-9-14)21-15-6-4-3-5-7-15/h3-13H,2H2,1H3,(H,18,19). The molecule has 0 bridgehead atoms. The number of nitrogens with one attached hydrogen (secondary N) is 1. The van der Waals surface area contributed by atoms with Gasteiger partial charge in [0.1, 0.15) is 11.5 Å². The second-order valence-corrected chi connectivity index (χ2v) is 4.60. The number of aryl methyl sites for hydroxylation is 1. The van der Waals surface area contributed by atoms with Crippen LogP contribution < -0.4 is 10.1 Å². The van der Waals surface area contributed by atoms with Crippen molar-refractivity contribution in [3.63, 3.8) is 0 Å². The minimum absolute atomic E-state index is 0.811. The van der Waals surface area contributed by atoms with Crippen LogP contribution >= 0.6 is 0 Å². The zero-order valence-corrected chi connectivity index (χ0v) is 11.9. The molecule has 0 radical (unpaired) electrons. The Labute approximate surface area is 124 Å². The number of rotatable bonds is 5. The third-order valence-corrected chi connectivity index (χ3v) is 3.15. The summed E-state index contributed by atoms with van der Waals surface area (Å²) in [4.78, 5) is 4.29. The number of para-hydroxylation sites is 1. The van der Waals surface area contributed by atoms with Crippen molar-refractivity contribution < 1.29 is 4.74 Å². The molecule has 106 valence electrons. The van der Waals surface area contributed by atoms with Gasteiger partial charge in [-0.2, -0.15) is 0 Å². The molecule has 0 aliphatic rings. The second kappa shape index (κ2) is 6.13. The van der Waals surface area contributed by atoms with E-state index in [2.05, 4.69) is 17.2 Å². The highest BCUT2D eigenvalue weighted by molar-refractivity contribution is 5.55. The molecule has 0 fully saturated rings. The van der Waals surface area contributed by atoms with Crippen molar-refractivity contribution in [3.05, 3.63) is 67.0 Å². The highest BCUT2D eigenvalue weighted by atomic mass is 16.5. The van der Waals surface area contributed by atoms with Crippen molar-refractivity contribution in [3.8, 4) is 11.5 Å². The van der Waals surface area contributed by atoms with E-state index < -0.39 is 0 Å². The summed E-state index contributed by atoms with van der Waals surface area (Å²) in [6.07, 6.45) is 3.74. The molecule has 0 aliphatic carbocycles. The van der Waals surface area contributed by atoms with Gasteiger partial charge < -0.3 is 14.6 Å². The summed E-state index contributed by atoms with van der Waals surface area (Å²) in [5.41, 5.74) is 0.983. The zero-order chi connectivity index (χ0) is 14.5. The SMILES string of the molecule is CCn1ccnc1Nc1ccc(Oc2ccccc2)cc1. The molecule has 0 unspecified atom stereocenters. The summed E-state index contributed by atoms with van der Waals surface area (Å²) in [7, 11) is 0. The Hall–Kier alpha value is -2.75. The van der Waals surface area contributed by atoms with E-state index in [1.54, 1.807) is 6.20 Å². The normalized spacial score (nSPS) is 10.3. The fourth-order valence-electron chi connectivity index (χ4n) is 2.05. The van der Waals surface area contributed by atoms with Crippen LogP contribution in [-0.2, 0) is 6.54 Å². The lowest BCUT2D eigenvalue weighted by atomic mass is 10.3. The number of nitrogens with zero attached hydrogens (tertiary/aromatic N) is 2. The lowest BCUT2D eigenvalue weighted by Gasteiger charge is -2.09. The average molecular weight is 279 g/mol. The van der Waals surface area contributed by atoms with Gasteiger partial charge in [0, 0.05) is 24.6 Å². The minimum Gasteiger partial charge on any atom is -0.457 e. The Bertz CT molecular complexity index is 690. The predicted octanol–water partition coefficient (Wildman–Crippen LogP) is 4.44. The van der Waals surface area contributed by atoms with Gasteiger partial charge in [0.2, 0.25) is 5.95 Å². The van der Waals surface area contributed by atoms with Gasteiger partial charge in [-0.05, 0) is 43.3 Å². The van der Waals surface area contributed by atoms with Gasteiger partial charge in [-0.3, -0.25) is 0 Å². The lowest BCUT2D eigenvalue weighted by molar-refractivity contribution is 0.483. The number of anilines is 2.